The molecule has 0 saturated heterocycles. The average Bonchev–Trinajstić information content (AvgIpc) is 2.37. The van der Waals surface area contributed by atoms with Crippen molar-refractivity contribution in [3.05, 3.63) is 24.5 Å². The number of hydrogen-bond acceptors (Lipinski definition) is 6. The number of nitrogen functional groups attached to an aromatic ring is 1. The fraction of sp³-hybridized carbons (Fsp3) is 0.250. The highest BCUT2D eigenvalue weighted by Gasteiger charge is 2.03. The smallest absolute Gasteiger partial charge is 0.243 e. The van der Waals surface area contributed by atoms with Gasteiger partial charge < -0.3 is 21.5 Å². The molecule has 1 aromatic heterocycles. The molecule has 1 aromatic carbocycles. The van der Waals surface area contributed by atoms with Crippen LogP contribution < -0.4 is 16.8 Å². The molecule has 0 atom stereocenters. The maximum atomic E-state index is 10.5. The Bertz CT molecular complexity index is 587. The Kier molecular flexibility index (Phi) is 4.09. The van der Waals surface area contributed by atoms with Crippen molar-refractivity contribution in [2.75, 3.05) is 30.8 Å². The van der Waals surface area contributed by atoms with Crippen LogP contribution in [0, 0.1) is 0 Å². The van der Waals surface area contributed by atoms with Gasteiger partial charge >= 0.3 is 0 Å². The summed E-state index contributed by atoms with van der Waals surface area (Å²) in [4.78, 5) is 18.8. The Hall–Kier alpha value is -2.41. The maximum absolute atomic E-state index is 10.5. The largest absolute Gasteiger partial charge is 0.399 e. The zero-order valence-electron chi connectivity index (χ0n) is 10.3. The van der Waals surface area contributed by atoms with E-state index in [-0.39, 0.29) is 6.61 Å². The lowest BCUT2D eigenvalue weighted by Crippen LogP contribution is -2.20. The van der Waals surface area contributed by atoms with Gasteiger partial charge in [-0.25, -0.2) is 9.97 Å². The molecule has 100 valence electrons. The predicted molar refractivity (Wildman–Crippen MR) is 72.5 cm³/mol. The lowest BCUT2D eigenvalue weighted by Gasteiger charge is -2.08. The second kappa shape index (κ2) is 5.96. The number of carbonyl (C=O) groups is 1. The SMILES string of the molecule is NC(=O)COCCNc1ncnc2cc(N)ccc12. The minimum Gasteiger partial charge on any atom is -0.399 e. The van der Waals surface area contributed by atoms with Gasteiger partial charge in [0, 0.05) is 17.6 Å². The van der Waals surface area contributed by atoms with Crippen molar-refractivity contribution in [2.45, 2.75) is 0 Å². The van der Waals surface area contributed by atoms with Gasteiger partial charge in [0.15, 0.2) is 0 Å². The first-order valence-corrected chi connectivity index (χ1v) is 5.77. The van der Waals surface area contributed by atoms with E-state index in [1.165, 1.54) is 6.33 Å². The van der Waals surface area contributed by atoms with Crippen LogP contribution in [0.2, 0.25) is 0 Å². The third-order valence-corrected chi connectivity index (χ3v) is 2.44. The van der Waals surface area contributed by atoms with Crippen LogP contribution in [-0.4, -0.2) is 35.6 Å². The van der Waals surface area contributed by atoms with Gasteiger partial charge in [-0.2, -0.15) is 0 Å². The van der Waals surface area contributed by atoms with E-state index < -0.39 is 5.91 Å². The van der Waals surface area contributed by atoms with Crippen molar-refractivity contribution in [3.8, 4) is 0 Å². The van der Waals surface area contributed by atoms with Crippen LogP contribution in [0.25, 0.3) is 10.9 Å². The van der Waals surface area contributed by atoms with Crippen LogP contribution in [0.5, 0.6) is 0 Å². The molecule has 19 heavy (non-hydrogen) atoms. The molecule has 0 spiro atoms. The van der Waals surface area contributed by atoms with E-state index >= 15 is 0 Å². The van der Waals surface area contributed by atoms with E-state index in [1.54, 1.807) is 12.1 Å². The molecule has 1 amide bonds. The molecule has 0 radical (unpaired) electrons. The van der Waals surface area contributed by atoms with Gasteiger partial charge in [0.25, 0.3) is 0 Å². The molecular weight excluding hydrogens is 246 g/mol. The minimum atomic E-state index is -0.483. The van der Waals surface area contributed by atoms with E-state index in [0.717, 1.165) is 10.9 Å². The highest BCUT2D eigenvalue weighted by molar-refractivity contribution is 5.90. The molecule has 0 saturated carbocycles. The van der Waals surface area contributed by atoms with Crippen LogP contribution >= 0.6 is 0 Å². The van der Waals surface area contributed by atoms with Crippen LogP contribution in [0.3, 0.4) is 0 Å². The normalized spacial score (nSPS) is 10.5. The number of nitrogens with two attached hydrogens (primary N) is 2. The number of aromatic nitrogens is 2. The van der Waals surface area contributed by atoms with Crippen LogP contribution in [-0.2, 0) is 9.53 Å². The number of benzene rings is 1. The summed E-state index contributed by atoms with van der Waals surface area (Å²) in [5.74, 6) is 0.218. The molecule has 0 unspecified atom stereocenters. The average molecular weight is 261 g/mol. The van der Waals surface area contributed by atoms with Crippen molar-refractivity contribution in [3.63, 3.8) is 0 Å². The fourth-order valence-electron chi connectivity index (χ4n) is 1.63. The third kappa shape index (κ3) is 3.52. The molecule has 7 heteroatoms. The summed E-state index contributed by atoms with van der Waals surface area (Å²) < 4.78 is 5.05. The van der Waals surface area contributed by atoms with Gasteiger partial charge in [-0.05, 0) is 18.2 Å². The Balaban J connectivity index is 1.99. The van der Waals surface area contributed by atoms with E-state index in [0.29, 0.717) is 24.7 Å². The van der Waals surface area contributed by atoms with Crippen molar-refractivity contribution < 1.29 is 9.53 Å². The highest BCUT2D eigenvalue weighted by Crippen LogP contribution is 2.20. The van der Waals surface area contributed by atoms with Gasteiger partial charge in [0.05, 0.1) is 12.1 Å². The summed E-state index contributed by atoms with van der Waals surface area (Å²) in [6.07, 6.45) is 1.47. The van der Waals surface area contributed by atoms with Gasteiger partial charge in [0.1, 0.15) is 18.8 Å². The Morgan fingerprint density at radius 2 is 2.21 bits per heavy atom. The van der Waals surface area contributed by atoms with E-state index in [9.17, 15) is 4.79 Å². The molecule has 7 nitrogen and oxygen atoms in total. The summed E-state index contributed by atoms with van der Waals surface area (Å²) >= 11 is 0. The number of primary amides is 1. The number of fused-ring (bicyclic) bond motifs is 1. The highest BCUT2D eigenvalue weighted by atomic mass is 16.5. The second-order valence-electron chi connectivity index (χ2n) is 3.94. The van der Waals surface area contributed by atoms with E-state index in [1.807, 2.05) is 6.07 Å². The Labute approximate surface area is 110 Å². The second-order valence-corrected chi connectivity index (χ2v) is 3.94. The lowest BCUT2D eigenvalue weighted by atomic mass is 10.2. The number of nitrogens with zero attached hydrogens (tertiary/aromatic N) is 2. The maximum Gasteiger partial charge on any atom is 0.243 e. The first-order valence-electron chi connectivity index (χ1n) is 5.77. The lowest BCUT2D eigenvalue weighted by molar-refractivity contribution is -0.122. The standard InChI is InChI=1S/C12H15N5O2/c13-8-1-2-9-10(5-8)16-7-17-12(9)15-3-4-19-6-11(14)18/h1-2,5,7H,3-4,6,13H2,(H2,14,18)(H,15,16,17). The van der Waals surface area contributed by atoms with Gasteiger partial charge in [-0.15, -0.1) is 0 Å². The summed E-state index contributed by atoms with van der Waals surface area (Å²) in [7, 11) is 0. The van der Waals surface area contributed by atoms with Crippen molar-refractivity contribution >= 4 is 28.3 Å². The number of hydrogen-bond donors (Lipinski definition) is 3. The Morgan fingerprint density at radius 3 is 3.00 bits per heavy atom. The predicted octanol–water partition coefficient (Wildman–Crippen LogP) is 0.126. The molecule has 0 bridgehead atoms. The van der Waals surface area contributed by atoms with Gasteiger partial charge in [-0.3, -0.25) is 4.79 Å². The van der Waals surface area contributed by atoms with E-state index in [4.69, 9.17) is 16.2 Å². The zero-order chi connectivity index (χ0) is 13.7. The molecule has 5 N–H and O–H groups in total. The van der Waals surface area contributed by atoms with Gasteiger partial charge in [-0.1, -0.05) is 0 Å². The molecule has 0 aliphatic heterocycles. The first kappa shape index (κ1) is 13.0. The van der Waals surface area contributed by atoms with Crippen molar-refractivity contribution in [2.24, 2.45) is 5.73 Å². The minimum absolute atomic E-state index is 0.0806. The third-order valence-electron chi connectivity index (χ3n) is 2.44. The molecule has 0 fully saturated rings. The first-order chi connectivity index (χ1) is 9.16. The summed E-state index contributed by atoms with van der Waals surface area (Å²) in [6, 6.07) is 5.43. The number of ether oxygens (including phenoxy) is 1. The fourth-order valence-corrected chi connectivity index (χ4v) is 1.63. The summed E-state index contributed by atoms with van der Waals surface area (Å²) in [6.45, 7) is 0.802. The van der Waals surface area contributed by atoms with Crippen molar-refractivity contribution in [1.29, 1.82) is 0 Å². The summed E-state index contributed by atoms with van der Waals surface area (Å²) in [5, 5.41) is 3.99. The topological polar surface area (TPSA) is 116 Å². The summed E-state index contributed by atoms with van der Waals surface area (Å²) in [5.41, 5.74) is 12.1. The number of carbonyl (C=O) groups excluding carboxylic acids is 1. The quantitative estimate of drug-likeness (QED) is 0.502. The number of anilines is 2. The van der Waals surface area contributed by atoms with E-state index in [2.05, 4.69) is 15.3 Å². The van der Waals surface area contributed by atoms with Crippen molar-refractivity contribution in [1.82, 2.24) is 9.97 Å². The number of nitrogens with one attached hydrogen (secondary N) is 1. The molecule has 2 aromatic rings. The number of rotatable bonds is 6. The van der Waals surface area contributed by atoms with Crippen LogP contribution in [0.15, 0.2) is 24.5 Å². The molecule has 0 aliphatic rings. The molecule has 1 heterocycles. The van der Waals surface area contributed by atoms with Crippen LogP contribution in [0.1, 0.15) is 0 Å². The number of amides is 1. The Morgan fingerprint density at radius 1 is 1.37 bits per heavy atom. The van der Waals surface area contributed by atoms with Gasteiger partial charge in [0.2, 0.25) is 5.91 Å². The molecule has 0 aliphatic carbocycles. The monoisotopic (exact) mass is 261 g/mol. The van der Waals surface area contributed by atoms with Crippen LogP contribution in [0.4, 0.5) is 11.5 Å². The zero-order valence-corrected chi connectivity index (χ0v) is 10.3. The molecule has 2 rings (SSSR count). The molecular formula is C12H15N5O2.